The summed E-state index contributed by atoms with van der Waals surface area (Å²) in [6.45, 7) is 1.96. The first-order valence-corrected chi connectivity index (χ1v) is 6.07. The van der Waals surface area contributed by atoms with E-state index in [0.717, 1.165) is 12.8 Å². The summed E-state index contributed by atoms with van der Waals surface area (Å²) < 4.78 is 0. The minimum Gasteiger partial charge on any atom is -0.480 e. The van der Waals surface area contributed by atoms with Crippen molar-refractivity contribution in [3.05, 3.63) is 29.0 Å². The van der Waals surface area contributed by atoms with Crippen LogP contribution in [-0.2, 0) is 4.79 Å². The average molecular weight is 271 g/mol. The molecule has 0 spiro atoms. The number of nitrogens with one attached hydrogen (secondary N) is 1. The number of pyridine rings is 1. The average Bonchev–Trinajstić information content (AvgIpc) is 2.33. The number of hydrogen-bond donors (Lipinski definition) is 2. The highest BCUT2D eigenvalue weighted by atomic mass is 35.5. The van der Waals surface area contributed by atoms with Gasteiger partial charge in [-0.1, -0.05) is 31.4 Å². The zero-order valence-electron chi connectivity index (χ0n) is 10.0. The second-order valence-corrected chi connectivity index (χ2v) is 4.26. The number of rotatable bonds is 6. The van der Waals surface area contributed by atoms with Crippen molar-refractivity contribution < 1.29 is 14.7 Å². The van der Waals surface area contributed by atoms with Crippen LogP contribution in [0.5, 0.6) is 0 Å². The van der Waals surface area contributed by atoms with E-state index in [1.165, 1.54) is 18.3 Å². The molecular formula is C12H15ClN2O3. The number of carbonyl (C=O) groups is 2. The summed E-state index contributed by atoms with van der Waals surface area (Å²) in [6, 6.07) is 2.01. The molecule has 0 bridgehead atoms. The lowest BCUT2D eigenvalue weighted by Crippen LogP contribution is -2.40. The first kappa shape index (κ1) is 14.4. The van der Waals surface area contributed by atoms with Crippen molar-refractivity contribution in [1.82, 2.24) is 10.3 Å². The van der Waals surface area contributed by atoms with Crippen molar-refractivity contribution in [3.8, 4) is 0 Å². The third-order valence-electron chi connectivity index (χ3n) is 2.44. The van der Waals surface area contributed by atoms with Crippen LogP contribution >= 0.6 is 11.6 Å². The molecule has 18 heavy (non-hydrogen) atoms. The van der Waals surface area contributed by atoms with Gasteiger partial charge in [0.25, 0.3) is 5.91 Å². The lowest BCUT2D eigenvalue weighted by Gasteiger charge is -2.14. The second kappa shape index (κ2) is 6.96. The summed E-state index contributed by atoms with van der Waals surface area (Å²) in [5.74, 6) is -1.49. The number of carboxylic acids is 1. The molecule has 1 aromatic rings. The molecule has 1 amide bonds. The molecule has 98 valence electrons. The van der Waals surface area contributed by atoms with E-state index in [0.29, 0.717) is 12.0 Å². The molecule has 2 N–H and O–H groups in total. The maximum absolute atomic E-state index is 11.8. The van der Waals surface area contributed by atoms with Gasteiger partial charge >= 0.3 is 5.97 Å². The zero-order chi connectivity index (χ0) is 13.5. The molecule has 1 aromatic heterocycles. The lowest BCUT2D eigenvalue weighted by molar-refractivity contribution is -0.139. The van der Waals surface area contributed by atoms with Crippen molar-refractivity contribution in [1.29, 1.82) is 0 Å². The number of halogens is 1. The van der Waals surface area contributed by atoms with Gasteiger partial charge in [-0.15, -0.1) is 0 Å². The second-order valence-electron chi connectivity index (χ2n) is 3.87. The maximum atomic E-state index is 11.8. The fourth-order valence-electron chi connectivity index (χ4n) is 1.45. The Morgan fingerprint density at radius 1 is 1.56 bits per heavy atom. The van der Waals surface area contributed by atoms with Crippen molar-refractivity contribution >= 4 is 23.5 Å². The molecule has 0 aliphatic rings. The number of aromatic nitrogens is 1. The third kappa shape index (κ3) is 4.33. The predicted molar refractivity (Wildman–Crippen MR) is 67.7 cm³/mol. The molecule has 0 radical (unpaired) electrons. The van der Waals surface area contributed by atoms with Crippen LogP contribution in [0.25, 0.3) is 0 Å². The summed E-state index contributed by atoms with van der Waals surface area (Å²) >= 11 is 5.66. The Morgan fingerprint density at radius 2 is 2.28 bits per heavy atom. The highest BCUT2D eigenvalue weighted by Gasteiger charge is 2.20. The smallest absolute Gasteiger partial charge is 0.326 e. The summed E-state index contributed by atoms with van der Waals surface area (Å²) in [5, 5.41) is 11.7. The minimum absolute atomic E-state index is 0.197. The number of hydrogen-bond acceptors (Lipinski definition) is 3. The zero-order valence-corrected chi connectivity index (χ0v) is 10.8. The fourth-order valence-corrected chi connectivity index (χ4v) is 1.62. The van der Waals surface area contributed by atoms with Crippen molar-refractivity contribution in [2.24, 2.45) is 0 Å². The Morgan fingerprint density at radius 3 is 2.83 bits per heavy atom. The van der Waals surface area contributed by atoms with Gasteiger partial charge in [-0.2, -0.15) is 0 Å². The molecule has 0 saturated heterocycles. The SMILES string of the molecule is CCCC[C@H](NC(=O)c1ccnc(Cl)c1)C(=O)O. The largest absolute Gasteiger partial charge is 0.480 e. The molecular weight excluding hydrogens is 256 g/mol. The van der Waals surface area contributed by atoms with Gasteiger partial charge in [0.05, 0.1) is 0 Å². The van der Waals surface area contributed by atoms with Crippen LogP contribution in [0, 0.1) is 0 Å². The Hall–Kier alpha value is -1.62. The maximum Gasteiger partial charge on any atom is 0.326 e. The van der Waals surface area contributed by atoms with E-state index in [9.17, 15) is 9.59 Å². The molecule has 0 aromatic carbocycles. The summed E-state index contributed by atoms with van der Waals surface area (Å²) in [5.41, 5.74) is 0.303. The molecule has 0 aliphatic heterocycles. The Balaban J connectivity index is 2.69. The van der Waals surface area contributed by atoms with Crippen LogP contribution < -0.4 is 5.32 Å². The predicted octanol–water partition coefficient (Wildman–Crippen LogP) is 2.11. The van der Waals surface area contributed by atoms with Crippen molar-refractivity contribution in [2.75, 3.05) is 0 Å². The quantitative estimate of drug-likeness (QED) is 0.776. The van der Waals surface area contributed by atoms with Gasteiger partial charge in [-0.05, 0) is 18.6 Å². The van der Waals surface area contributed by atoms with Gasteiger partial charge in [-0.3, -0.25) is 4.79 Å². The van der Waals surface area contributed by atoms with E-state index >= 15 is 0 Å². The van der Waals surface area contributed by atoms with Gasteiger partial charge in [0.2, 0.25) is 0 Å². The highest BCUT2D eigenvalue weighted by molar-refractivity contribution is 6.29. The van der Waals surface area contributed by atoms with Crippen LogP contribution in [0.3, 0.4) is 0 Å². The number of nitrogens with zero attached hydrogens (tertiary/aromatic N) is 1. The third-order valence-corrected chi connectivity index (χ3v) is 2.65. The van der Waals surface area contributed by atoms with Crippen LogP contribution in [0.4, 0.5) is 0 Å². The van der Waals surface area contributed by atoms with E-state index in [1.54, 1.807) is 0 Å². The summed E-state index contributed by atoms with van der Waals surface area (Å²) in [6.07, 6.45) is 3.44. The Bertz CT molecular complexity index is 437. The van der Waals surface area contributed by atoms with Crippen LogP contribution in [0.1, 0.15) is 36.5 Å². The molecule has 1 heterocycles. The number of carbonyl (C=O) groups excluding carboxylic acids is 1. The molecule has 0 unspecified atom stereocenters. The molecule has 0 aliphatic carbocycles. The van der Waals surface area contributed by atoms with E-state index in [-0.39, 0.29) is 5.15 Å². The number of amides is 1. The summed E-state index contributed by atoms with van der Waals surface area (Å²) in [7, 11) is 0. The molecule has 5 nitrogen and oxygen atoms in total. The van der Waals surface area contributed by atoms with Crippen LogP contribution in [0.15, 0.2) is 18.3 Å². The van der Waals surface area contributed by atoms with Crippen molar-refractivity contribution in [3.63, 3.8) is 0 Å². The van der Waals surface area contributed by atoms with Crippen molar-refractivity contribution in [2.45, 2.75) is 32.2 Å². The van der Waals surface area contributed by atoms with Gasteiger partial charge < -0.3 is 10.4 Å². The normalized spacial score (nSPS) is 11.9. The first-order valence-electron chi connectivity index (χ1n) is 5.69. The van der Waals surface area contributed by atoms with Crippen LogP contribution in [0.2, 0.25) is 5.15 Å². The Labute approximate surface area is 110 Å². The summed E-state index contributed by atoms with van der Waals surface area (Å²) in [4.78, 5) is 26.6. The molecule has 1 rings (SSSR count). The lowest BCUT2D eigenvalue weighted by atomic mass is 10.1. The topological polar surface area (TPSA) is 79.3 Å². The van der Waals surface area contributed by atoms with E-state index in [4.69, 9.17) is 16.7 Å². The van der Waals surface area contributed by atoms with Gasteiger partial charge in [-0.25, -0.2) is 9.78 Å². The number of aliphatic carboxylic acids is 1. The Kier molecular flexibility index (Phi) is 5.58. The first-order chi connectivity index (χ1) is 8.54. The fraction of sp³-hybridized carbons (Fsp3) is 0.417. The van der Waals surface area contributed by atoms with Gasteiger partial charge in [0.1, 0.15) is 11.2 Å². The van der Waals surface area contributed by atoms with Gasteiger partial charge in [0, 0.05) is 11.8 Å². The number of carboxylic acid groups (broad SMARTS) is 1. The number of unbranched alkanes of at least 4 members (excludes halogenated alkanes) is 1. The van der Waals surface area contributed by atoms with E-state index < -0.39 is 17.9 Å². The van der Waals surface area contributed by atoms with E-state index in [1.807, 2.05) is 6.92 Å². The molecule has 1 atom stereocenters. The monoisotopic (exact) mass is 270 g/mol. The molecule has 0 fully saturated rings. The van der Waals surface area contributed by atoms with E-state index in [2.05, 4.69) is 10.3 Å². The minimum atomic E-state index is -1.03. The molecule has 6 heteroatoms. The van der Waals surface area contributed by atoms with Crippen LogP contribution in [-0.4, -0.2) is 28.0 Å². The standard InChI is InChI=1S/C12H15ClN2O3/c1-2-3-4-9(12(17)18)15-11(16)8-5-6-14-10(13)7-8/h5-7,9H,2-4H2,1H3,(H,15,16)(H,17,18)/t9-/m0/s1. The van der Waals surface area contributed by atoms with Gasteiger partial charge in [0.15, 0.2) is 0 Å². The molecule has 0 saturated carbocycles. The highest BCUT2D eigenvalue weighted by Crippen LogP contribution is 2.08.